The SMILES string of the molecule is CCCCC/C=C\C/C=C\C/C=C\CCCCC(=O)OC[C@H](COP(=O)(O)O)OC(=O)CCCC1OC1C/C=C\C/C=C\C/C=C\CCCCC. The minimum absolute atomic E-state index is 0.107. The van der Waals surface area contributed by atoms with Gasteiger partial charge in [-0.05, 0) is 89.9 Å². The first kappa shape index (κ1) is 46.5. The molecule has 2 N–H and O–H groups in total. The number of carbonyl (C=O) groups is 2. The van der Waals surface area contributed by atoms with Gasteiger partial charge in [0.25, 0.3) is 0 Å². The number of epoxide rings is 1. The Morgan fingerprint density at radius 1 is 0.627 bits per heavy atom. The lowest BCUT2D eigenvalue weighted by molar-refractivity contribution is -0.161. The molecular formula is C41H67O9P. The molecule has 2 unspecified atom stereocenters. The Morgan fingerprint density at radius 3 is 1.65 bits per heavy atom. The van der Waals surface area contributed by atoms with Crippen LogP contribution in [0.2, 0.25) is 0 Å². The van der Waals surface area contributed by atoms with Gasteiger partial charge >= 0.3 is 19.8 Å². The van der Waals surface area contributed by atoms with E-state index in [1.165, 1.54) is 38.5 Å². The molecule has 0 aromatic rings. The van der Waals surface area contributed by atoms with Crippen molar-refractivity contribution in [2.75, 3.05) is 13.2 Å². The van der Waals surface area contributed by atoms with Gasteiger partial charge in [0, 0.05) is 12.8 Å². The van der Waals surface area contributed by atoms with Crippen LogP contribution in [0.15, 0.2) is 72.9 Å². The van der Waals surface area contributed by atoms with Crippen LogP contribution in [-0.2, 0) is 32.9 Å². The first-order valence-electron chi connectivity index (χ1n) is 19.4. The van der Waals surface area contributed by atoms with E-state index in [4.69, 9.17) is 24.0 Å². The van der Waals surface area contributed by atoms with Crippen LogP contribution < -0.4 is 0 Å². The van der Waals surface area contributed by atoms with Gasteiger partial charge in [0.05, 0.1) is 18.8 Å². The molecule has 10 heteroatoms. The van der Waals surface area contributed by atoms with Gasteiger partial charge in [-0.2, -0.15) is 0 Å². The molecule has 1 rings (SSSR count). The van der Waals surface area contributed by atoms with Crippen molar-refractivity contribution in [3.8, 4) is 0 Å². The van der Waals surface area contributed by atoms with Crippen LogP contribution in [0.25, 0.3) is 0 Å². The van der Waals surface area contributed by atoms with Crippen molar-refractivity contribution in [3.63, 3.8) is 0 Å². The van der Waals surface area contributed by atoms with Gasteiger partial charge < -0.3 is 24.0 Å². The normalized spacial score (nSPS) is 17.3. The summed E-state index contributed by atoms with van der Waals surface area (Å²) in [6, 6.07) is 0. The second-order valence-corrected chi connectivity index (χ2v) is 14.2. The summed E-state index contributed by atoms with van der Waals surface area (Å²) in [6.07, 6.45) is 43.6. The molecule has 3 atom stereocenters. The number of hydrogen-bond donors (Lipinski definition) is 2. The summed E-state index contributed by atoms with van der Waals surface area (Å²) in [6.45, 7) is 3.51. The molecule has 1 aliphatic heterocycles. The molecule has 0 amide bonds. The number of rotatable bonds is 33. The van der Waals surface area contributed by atoms with Crippen molar-refractivity contribution < 1.29 is 42.7 Å². The summed E-state index contributed by atoms with van der Waals surface area (Å²) in [5.41, 5.74) is 0. The number of allylic oxidation sites excluding steroid dienone is 11. The maximum absolute atomic E-state index is 12.4. The fraction of sp³-hybridized carbons (Fsp3) is 0.659. The first-order chi connectivity index (χ1) is 24.7. The predicted octanol–water partition coefficient (Wildman–Crippen LogP) is 10.5. The number of esters is 2. The highest BCUT2D eigenvalue weighted by Gasteiger charge is 2.36. The highest BCUT2D eigenvalue weighted by Crippen LogP contribution is 2.36. The van der Waals surface area contributed by atoms with E-state index in [2.05, 4.69) is 91.3 Å². The van der Waals surface area contributed by atoms with E-state index < -0.39 is 32.5 Å². The van der Waals surface area contributed by atoms with Gasteiger partial charge in [0.15, 0.2) is 6.10 Å². The Labute approximate surface area is 308 Å². The number of hydrogen-bond acceptors (Lipinski definition) is 7. The van der Waals surface area contributed by atoms with Crippen molar-refractivity contribution in [2.24, 2.45) is 0 Å². The minimum atomic E-state index is -4.79. The third-order valence-corrected chi connectivity index (χ3v) is 8.61. The summed E-state index contributed by atoms with van der Waals surface area (Å²) in [7, 11) is -4.79. The molecule has 0 radical (unpaired) electrons. The molecule has 0 spiro atoms. The summed E-state index contributed by atoms with van der Waals surface area (Å²) < 4.78 is 32.0. The molecule has 1 saturated heterocycles. The quantitative estimate of drug-likeness (QED) is 0.0222. The zero-order chi connectivity index (χ0) is 37.3. The maximum Gasteiger partial charge on any atom is 0.469 e. The Kier molecular flexibility index (Phi) is 29.3. The van der Waals surface area contributed by atoms with Gasteiger partial charge in [-0.1, -0.05) is 112 Å². The lowest BCUT2D eigenvalue weighted by Gasteiger charge is -2.18. The van der Waals surface area contributed by atoms with Gasteiger partial charge in [-0.15, -0.1) is 0 Å². The number of phosphoric ester groups is 1. The molecule has 0 aromatic carbocycles. The number of carbonyl (C=O) groups excluding carboxylic acids is 2. The molecule has 0 saturated carbocycles. The standard InChI is InChI=1S/C41H67O9P/c1-3-5-7-9-11-13-15-17-18-19-21-23-25-27-29-33-40(42)47-35-37(36-48-51(44,45)46)49-41(43)34-30-32-39-38(50-39)31-28-26-24-22-20-16-14-12-10-8-6-4-2/h11-14,17-18,20-23,26,28,37-39H,3-10,15-16,19,24-25,27,29-36H2,1-2H3,(H2,44,45,46)/b13-11-,14-12-,18-17-,22-20-,23-21-,28-26-/t37-,38?,39?/m1/s1. The summed E-state index contributed by atoms with van der Waals surface area (Å²) in [5, 5.41) is 0. The van der Waals surface area contributed by atoms with Crippen LogP contribution in [0.4, 0.5) is 0 Å². The van der Waals surface area contributed by atoms with E-state index in [9.17, 15) is 14.2 Å². The molecule has 0 aliphatic carbocycles. The monoisotopic (exact) mass is 734 g/mol. The summed E-state index contributed by atoms with van der Waals surface area (Å²) in [5.74, 6) is -1.01. The third-order valence-electron chi connectivity index (χ3n) is 8.12. The van der Waals surface area contributed by atoms with E-state index in [-0.39, 0.29) is 31.7 Å². The summed E-state index contributed by atoms with van der Waals surface area (Å²) in [4.78, 5) is 42.9. The van der Waals surface area contributed by atoms with Crippen molar-refractivity contribution in [1.29, 1.82) is 0 Å². The Balaban J connectivity index is 2.19. The number of phosphoric acid groups is 1. The average Bonchev–Trinajstić information content (AvgIpc) is 3.85. The van der Waals surface area contributed by atoms with Crippen LogP contribution in [0.3, 0.4) is 0 Å². The molecule has 1 fully saturated rings. The molecule has 51 heavy (non-hydrogen) atoms. The maximum atomic E-state index is 12.4. The second kappa shape index (κ2) is 32.1. The highest BCUT2D eigenvalue weighted by atomic mass is 31.2. The minimum Gasteiger partial charge on any atom is -0.462 e. The topological polar surface area (TPSA) is 132 Å². The lowest BCUT2D eigenvalue weighted by Crippen LogP contribution is -2.29. The molecule has 290 valence electrons. The number of ether oxygens (including phenoxy) is 3. The van der Waals surface area contributed by atoms with Crippen LogP contribution >= 0.6 is 7.82 Å². The second-order valence-electron chi connectivity index (χ2n) is 12.9. The van der Waals surface area contributed by atoms with Gasteiger partial charge in [-0.25, -0.2) is 4.57 Å². The molecule has 9 nitrogen and oxygen atoms in total. The van der Waals surface area contributed by atoms with Crippen molar-refractivity contribution >= 4 is 19.8 Å². The molecule has 0 bridgehead atoms. The molecule has 1 heterocycles. The van der Waals surface area contributed by atoms with Crippen LogP contribution in [0.1, 0.15) is 142 Å². The Morgan fingerprint density at radius 2 is 1.12 bits per heavy atom. The third kappa shape index (κ3) is 31.9. The lowest BCUT2D eigenvalue weighted by atomic mass is 10.1. The van der Waals surface area contributed by atoms with Crippen LogP contribution in [0, 0.1) is 0 Å². The smallest absolute Gasteiger partial charge is 0.462 e. The zero-order valence-electron chi connectivity index (χ0n) is 31.4. The molecule has 0 aromatic heterocycles. The Bertz CT molecular complexity index is 1120. The zero-order valence-corrected chi connectivity index (χ0v) is 32.3. The van der Waals surface area contributed by atoms with Gasteiger partial charge in [-0.3, -0.25) is 14.1 Å². The summed E-state index contributed by atoms with van der Waals surface area (Å²) >= 11 is 0. The average molecular weight is 735 g/mol. The first-order valence-corrected chi connectivity index (χ1v) is 20.9. The van der Waals surface area contributed by atoms with E-state index in [1.807, 2.05) is 0 Å². The van der Waals surface area contributed by atoms with Crippen LogP contribution in [0.5, 0.6) is 0 Å². The van der Waals surface area contributed by atoms with Gasteiger partial charge in [0.2, 0.25) is 0 Å². The van der Waals surface area contributed by atoms with E-state index in [1.54, 1.807) is 0 Å². The van der Waals surface area contributed by atoms with E-state index in [0.29, 0.717) is 19.3 Å². The highest BCUT2D eigenvalue weighted by molar-refractivity contribution is 7.46. The van der Waals surface area contributed by atoms with Crippen molar-refractivity contribution in [2.45, 2.75) is 161 Å². The van der Waals surface area contributed by atoms with Crippen molar-refractivity contribution in [1.82, 2.24) is 0 Å². The van der Waals surface area contributed by atoms with E-state index in [0.717, 1.165) is 57.8 Å². The van der Waals surface area contributed by atoms with Crippen molar-refractivity contribution in [3.05, 3.63) is 72.9 Å². The predicted molar refractivity (Wildman–Crippen MR) is 206 cm³/mol. The molecular weight excluding hydrogens is 667 g/mol. The fourth-order valence-corrected chi connectivity index (χ4v) is 5.47. The largest absolute Gasteiger partial charge is 0.469 e. The van der Waals surface area contributed by atoms with Crippen LogP contribution in [-0.4, -0.2) is 53.3 Å². The fourth-order valence-electron chi connectivity index (χ4n) is 5.11. The van der Waals surface area contributed by atoms with Gasteiger partial charge in [0.1, 0.15) is 6.61 Å². The molecule has 1 aliphatic rings. The Hall–Kier alpha value is -2.55. The van der Waals surface area contributed by atoms with E-state index >= 15 is 0 Å². The number of unbranched alkanes of at least 4 members (excludes halogenated alkanes) is 8.